The van der Waals surface area contributed by atoms with Crippen molar-refractivity contribution in [1.82, 2.24) is 4.90 Å². The third-order valence-electron chi connectivity index (χ3n) is 3.96. The van der Waals surface area contributed by atoms with Gasteiger partial charge in [0.2, 0.25) is 0 Å². The molecule has 1 amide bonds. The minimum absolute atomic E-state index is 0.0782. The van der Waals surface area contributed by atoms with Gasteiger partial charge < -0.3 is 0 Å². The largest absolute Gasteiger partial charge is 0.300 e. The lowest BCUT2D eigenvalue weighted by Crippen LogP contribution is -2.40. The monoisotopic (exact) mass is 379 g/mol. The lowest BCUT2D eigenvalue weighted by molar-refractivity contribution is -0.384. The fourth-order valence-corrected chi connectivity index (χ4v) is 3.79. The number of hydrogen-bond donors (Lipinski definition) is 0. The average Bonchev–Trinajstić information content (AvgIpc) is 3.10. The van der Waals surface area contributed by atoms with Crippen molar-refractivity contribution >= 4 is 46.0 Å². The predicted octanol–water partition coefficient (Wildman–Crippen LogP) is 3.32. The summed E-state index contributed by atoms with van der Waals surface area (Å²) in [5.74, 6) is -1.38. The topological polar surface area (TPSA) is 83.8 Å². The fraction of sp³-hybridized carbons (Fsp3) is 0.250. The zero-order chi connectivity index (χ0) is 18.1. The van der Waals surface area contributed by atoms with Crippen LogP contribution in [0.5, 0.6) is 0 Å². The molecule has 1 aromatic carbocycles. The van der Waals surface area contributed by atoms with E-state index in [2.05, 4.69) is 0 Å². The summed E-state index contributed by atoms with van der Waals surface area (Å²) in [6, 6.07) is 7.64. The van der Waals surface area contributed by atoms with Gasteiger partial charge >= 0.3 is 5.91 Å². The fourth-order valence-electron chi connectivity index (χ4n) is 2.66. The maximum atomic E-state index is 12.3. The number of anilines is 1. The van der Waals surface area contributed by atoms with E-state index in [-0.39, 0.29) is 17.9 Å². The van der Waals surface area contributed by atoms with E-state index in [1.807, 2.05) is 24.0 Å². The number of nitro groups is 1. The molecule has 0 fully saturated rings. The zero-order valence-corrected chi connectivity index (χ0v) is 14.8. The van der Waals surface area contributed by atoms with Crippen LogP contribution in [0.3, 0.4) is 0 Å². The number of Topliss-reactive ketones (excluding diaryl/α,β-unsaturated/α-hetero) is 1. The van der Waals surface area contributed by atoms with Crippen molar-refractivity contribution in [3.8, 4) is 0 Å². The Hall–Kier alpha value is -2.29. The number of rotatable bonds is 6. The number of amides is 1. The van der Waals surface area contributed by atoms with Crippen molar-refractivity contribution in [1.29, 1.82) is 0 Å². The summed E-state index contributed by atoms with van der Waals surface area (Å²) in [6.45, 7) is 3.43. The van der Waals surface area contributed by atoms with E-state index >= 15 is 0 Å². The standard InChI is InChI=1S/C16H14ClN3O4S/c1-2-18(8-11-4-6-14(17)25-11)9-19-13-5-3-10(20(23)24)7-12(13)15(21)16(19)22/h3-7H,2,8-9H2,1H3. The molecule has 0 spiro atoms. The van der Waals surface area contributed by atoms with Gasteiger partial charge in [0.05, 0.1) is 27.2 Å². The number of nitrogens with zero attached hydrogens (tertiary/aromatic N) is 3. The number of fused-ring (bicyclic) bond motifs is 1. The zero-order valence-electron chi connectivity index (χ0n) is 13.3. The highest BCUT2D eigenvalue weighted by Crippen LogP contribution is 2.32. The Morgan fingerprint density at radius 1 is 1.28 bits per heavy atom. The van der Waals surface area contributed by atoms with Gasteiger partial charge in [-0.1, -0.05) is 18.5 Å². The van der Waals surface area contributed by atoms with E-state index in [9.17, 15) is 19.7 Å². The first kappa shape index (κ1) is 17.5. The van der Waals surface area contributed by atoms with E-state index in [1.165, 1.54) is 28.4 Å². The highest BCUT2D eigenvalue weighted by atomic mass is 35.5. The van der Waals surface area contributed by atoms with Gasteiger partial charge in [0.15, 0.2) is 0 Å². The maximum Gasteiger partial charge on any atom is 0.300 e. The molecule has 0 N–H and O–H groups in total. The van der Waals surface area contributed by atoms with Crippen molar-refractivity contribution in [2.75, 3.05) is 18.1 Å². The molecule has 0 unspecified atom stereocenters. The SMILES string of the molecule is CCN(Cc1ccc(Cl)s1)CN1C(=O)C(=O)c2cc([N+](=O)[O-])ccc21. The van der Waals surface area contributed by atoms with Crippen LogP contribution in [0.1, 0.15) is 22.2 Å². The second-order valence-corrected chi connectivity index (χ2v) is 7.31. The van der Waals surface area contributed by atoms with E-state index in [4.69, 9.17) is 11.6 Å². The minimum atomic E-state index is -0.714. The van der Waals surface area contributed by atoms with Gasteiger partial charge in [-0.25, -0.2) is 0 Å². The lowest BCUT2D eigenvalue weighted by atomic mass is 10.1. The van der Waals surface area contributed by atoms with Gasteiger partial charge in [0, 0.05) is 23.6 Å². The van der Waals surface area contributed by atoms with Crippen LogP contribution in [0.15, 0.2) is 30.3 Å². The number of benzene rings is 1. The van der Waals surface area contributed by atoms with Crippen LogP contribution >= 0.6 is 22.9 Å². The van der Waals surface area contributed by atoms with E-state index in [1.54, 1.807) is 0 Å². The Bertz CT molecular complexity index is 867. The minimum Gasteiger partial charge on any atom is -0.291 e. The van der Waals surface area contributed by atoms with Crippen LogP contribution in [-0.2, 0) is 11.3 Å². The molecule has 25 heavy (non-hydrogen) atoms. The van der Waals surface area contributed by atoms with E-state index in [0.717, 1.165) is 10.9 Å². The molecule has 130 valence electrons. The number of nitro benzene ring substituents is 1. The molecule has 1 aliphatic rings. The molecule has 0 aliphatic carbocycles. The molecule has 1 aromatic heterocycles. The van der Waals surface area contributed by atoms with Crippen LogP contribution in [-0.4, -0.2) is 34.7 Å². The Morgan fingerprint density at radius 2 is 2.04 bits per heavy atom. The Balaban J connectivity index is 1.84. The molecule has 2 aromatic rings. The molecular weight excluding hydrogens is 366 g/mol. The van der Waals surface area contributed by atoms with Gasteiger partial charge in [-0.3, -0.25) is 29.5 Å². The molecular formula is C16H14ClN3O4S. The van der Waals surface area contributed by atoms with Gasteiger partial charge in [-0.2, -0.15) is 0 Å². The molecule has 0 bridgehead atoms. The molecule has 0 saturated heterocycles. The van der Waals surface area contributed by atoms with Crippen LogP contribution < -0.4 is 4.90 Å². The molecule has 0 radical (unpaired) electrons. The predicted molar refractivity (Wildman–Crippen MR) is 95.2 cm³/mol. The second kappa shape index (κ2) is 6.91. The molecule has 7 nitrogen and oxygen atoms in total. The summed E-state index contributed by atoms with van der Waals surface area (Å²) in [7, 11) is 0. The summed E-state index contributed by atoms with van der Waals surface area (Å²) >= 11 is 7.40. The van der Waals surface area contributed by atoms with Crippen molar-refractivity contribution in [2.45, 2.75) is 13.5 Å². The number of carbonyl (C=O) groups is 2. The van der Waals surface area contributed by atoms with Crippen molar-refractivity contribution in [3.05, 3.63) is 55.2 Å². The van der Waals surface area contributed by atoms with Crippen LogP contribution in [0, 0.1) is 10.1 Å². The Kier molecular flexibility index (Phi) is 4.85. The molecule has 2 heterocycles. The summed E-state index contributed by atoms with van der Waals surface area (Å²) < 4.78 is 0.691. The first-order valence-corrected chi connectivity index (χ1v) is 8.71. The Labute approximate surface area is 152 Å². The van der Waals surface area contributed by atoms with Crippen LogP contribution in [0.2, 0.25) is 4.34 Å². The van der Waals surface area contributed by atoms with E-state index < -0.39 is 16.6 Å². The molecule has 3 rings (SSSR count). The van der Waals surface area contributed by atoms with Gasteiger partial charge in [-0.05, 0) is 24.7 Å². The quantitative estimate of drug-likeness (QED) is 0.436. The highest BCUT2D eigenvalue weighted by Gasteiger charge is 2.37. The van der Waals surface area contributed by atoms with Crippen molar-refractivity contribution < 1.29 is 14.5 Å². The van der Waals surface area contributed by atoms with Gasteiger partial charge in [0.1, 0.15) is 0 Å². The molecule has 1 aliphatic heterocycles. The van der Waals surface area contributed by atoms with E-state index in [0.29, 0.717) is 23.1 Å². The van der Waals surface area contributed by atoms with Gasteiger partial charge in [-0.15, -0.1) is 11.3 Å². The number of halogens is 1. The van der Waals surface area contributed by atoms with Crippen molar-refractivity contribution in [2.24, 2.45) is 0 Å². The van der Waals surface area contributed by atoms with Crippen LogP contribution in [0.25, 0.3) is 0 Å². The number of non-ortho nitro benzene ring substituents is 1. The summed E-state index contributed by atoms with van der Waals surface area (Å²) in [5.41, 5.74) is 0.278. The smallest absolute Gasteiger partial charge is 0.291 e. The average molecular weight is 380 g/mol. The van der Waals surface area contributed by atoms with Crippen LogP contribution in [0.4, 0.5) is 11.4 Å². The molecule has 9 heteroatoms. The summed E-state index contributed by atoms with van der Waals surface area (Å²) in [4.78, 5) is 39.2. The first-order valence-electron chi connectivity index (χ1n) is 7.52. The number of hydrogen-bond acceptors (Lipinski definition) is 6. The number of thiophene rings is 1. The number of carbonyl (C=O) groups excluding carboxylic acids is 2. The Morgan fingerprint density at radius 3 is 2.64 bits per heavy atom. The summed E-state index contributed by atoms with van der Waals surface area (Å²) in [6.07, 6.45) is 0. The second-order valence-electron chi connectivity index (χ2n) is 5.51. The normalized spacial score (nSPS) is 13.6. The third kappa shape index (κ3) is 3.41. The first-order chi connectivity index (χ1) is 11.9. The molecule has 0 saturated carbocycles. The number of ketones is 1. The third-order valence-corrected chi connectivity index (χ3v) is 5.18. The highest BCUT2D eigenvalue weighted by molar-refractivity contribution is 7.16. The van der Waals surface area contributed by atoms with Gasteiger partial charge in [0.25, 0.3) is 11.5 Å². The summed E-state index contributed by atoms with van der Waals surface area (Å²) in [5, 5.41) is 10.9. The lowest BCUT2D eigenvalue weighted by Gasteiger charge is -2.26. The maximum absolute atomic E-state index is 12.3. The van der Waals surface area contributed by atoms with Crippen molar-refractivity contribution in [3.63, 3.8) is 0 Å². The molecule has 0 atom stereocenters.